The van der Waals surface area contributed by atoms with Crippen LogP contribution in [0.15, 0.2) is 45.3 Å². The molecule has 8 nitrogen and oxygen atoms in total. The maximum atomic E-state index is 12.2. The molecule has 10 heteroatoms. The number of carbonyl (C=O) groups excluding carboxylic acids is 2. The van der Waals surface area contributed by atoms with Gasteiger partial charge in [0.05, 0.1) is 5.75 Å². The highest BCUT2D eigenvalue weighted by Gasteiger charge is 2.16. The molecule has 0 radical (unpaired) electrons. The third kappa shape index (κ3) is 4.43. The SMILES string of the molecule is CNC(=O)CSc1nnc(NC(=O)c2cc(-c3ccccc3)on2)s1. The Hall–Kier alpha value is -2.72. The Labute approximate surface area is 151 Å². The first-order valence-corrected chi connectivity index (χ1v) is 8.96. The molecule has 2 aromatic heterocycles. The summed E-state index contributed by atoms with van der Waals surface area (Å²) in [6, 6.07) is 10.9. The summed E-state index contributed by atoms with van der Waals surface area (Å²) in [5.74, 6) is 0.194. The Bertz CT molecular complexity index is 878. The minimum atomic E-state index is -0.440. The first kappa shape index (κ1) is 17.1. The van der Waals surface area contributed by atoms with Gasteiger partial charge in [0.2, 0.25) is 11.0 Å². The van der Waals surface area contributed by atoms with Crippen LogP contribution in [0, 0.1) is 0 Å². The van der Waals surface area contributed by atoms with Gasteiger partial charge in [-0.2, -0.15) is 0 Å². The second-order valence-electron chi connectivity index (χ2n) is 4.73. The minimum Gasteiger partial charge on any atom is -0.358 e. The van der Waals surface area contributed by atoms with Gasteiger partial charge in [-0.3, -0.25) is 14.9 Å². The number of hydrogen-bond donors (Lipinski definition) is 2. The van der Waals surface area contributed by atoms with E-state index in [2.05, 4.69) is 26.0 Å². The minimum absolute atomic E-state index is 0.109. The normalized spacial score (nSPS) is 10.4. The number of hydrogen-bond acceptors (Lipinski definition) is 8. The van der Waals surface area contributed by atoms with Crippen LogP contribution in [-0.4, -0.2) is 40.0 Å². The van der Waals surface area contributed by atoms with Crippen LogP contribution in [0.3, 0.4) is 0 Å². The first-order valence-electron chi connectivity index (χ1n) is 7.16. The molecular weight excluding hydrogens is 362 g/mol. The molecule has 0 spiro atoms. The van der Waals surface area contributed by atoms with E-state index in [0.717, 1.165) is 5.56 Å². The number of thioether (sulfide) groups is 1. The molecule has 0 unspecified atom stereocenters. The molecule has 3 aromatic rings. The van der Waals surface area contributed by atoms with Crippen LogP contribution in [0.1, 0.15) is 10.5 Å². The zero-order valence-corrected chi connectivity index (χ0v) is 14.7. The lowest BCUT2D eigenvalue weighted by Gasteiger charge is -1.96. The molecule has 2 N–H and O–H groups in total. The van der Waals surface area contributed by atoms with Crippen molar-refractivity contribution >= 4 is 40.0 Å². The molecule has 0 fully saturated rings. The highest BCUT2D eigenvalue weighted by atomic mass is 32.2. The summed E-state index contributed by atoms with van der Waals surface area (Å²) in [6.45, 7) is 0. The highest BCUT2D eigenvalue weighted by molar-refractivity contribution is 8.01. The molecule has 0 saturated heterocycles. The quantitative estimate of drug-likeness (QED) is 0.502. The van der Waals surface area contributed by atoms with E-state index in [-0.39, 0.29) is 17.4 Å². The fraction of sp³-hybridized carbons (Fsp3) is 0.133. The predicted octanol–water partition coefficient (Wildman–Crippen LogP) is 2.28. The van der Waals surface area contributed by atoms with Crippen molar-refractivity contribution in [3.05, 3.63) is 42.1 Å². The van der Waals surface area contributed by atoms with Gasteiger partial charge in [-0.05, 0) is 0 Å². The summed E-state index contributed by atoms with van der Waals surface area (Å²) in [7, 11) is 1.57. The van der Waals surface area contributed by atoms with Crippen LogP contribution in [0.25, 0.3) is 11.3 Å². The van der Waals surface area contributed by atoms with Gasteiger partial charge >= 0.3 is 0 Å². The maximum absolute atomic E-state index is 12.2. The zero-order valence-electron chi connectivity index (χ0n) is 13.1. The van der Waals surface area contributed by atoms with E-state index in [1.165, 1.54) is 23.1 Å². The van der Waals surface area contributed by atoms with Crippen LogP contribution in [-0.2, 0) is 4.79 Å². The van der Waals surface area contributed by atoms with Crippen molar-refractivity contribution in [2.24, 2.45) is 0 Å². The van der Waals surface area contributed by atoms with Gasteiger partial charge in [0.25, 0.3) is 5.91 Å². The molecule has 2 amide bonds. The first-order chi connectivity index (χ1) is 12.2. The van der Waals surface area contributed by atoms with Crippen molar-refractivity contribution in [1.82, 2.24) is 20.7 Å². The summed E-state index contributed by atoms with van der Waals surface area (Å²) in [6.07, 6.45) is 0. The monoisotopic (exact) mass is 375 g/mol. The Morgan fingerprint density at radius 2 is 2.04 bits per heavy atom. The number of nitrogens with zero attached hydrogens (tertiary/aromatic N) is 3. The lowest BCUT2D eigenvalue weighted by molar-refractivity contribution is -0.118. The van der Waals surface area contributed by atoms with E-state index in [9.17, 15) is 9.59 Å². The second kappa shape index (κ2) is 7.90. The van der Waals surface area contributed by atoms with Gasteiger partial charge in [0, 0.05) is 18.7 Å². The Balaban J connectivity index is 1.62. The summed E-state index contributed by atoms with van der Waals surface area (Å²) >= 11 is 2.43. The van der Waals surface area contributed by atoms with E-state index in [1.807, 2.05) is 30.3 Å². The van der Waals surface area contributed by atoms with Crippen LogP contribution in [0.4, 0.5) is 5.13 Å². The van der Waals surface area contributed by atoms with Gasteiger partial charge in [0.15, 0.2) is 15.8 Å². The van der Waals surface area contributed by atoms with Gasteiger partial charge in [-0.1, -0.05) is 58.6 Å². The third-order valence-electron chi connectivity index (χ3n) is 3.03. The molecule has 0 aliphatic heterocycles. The molecule has 0 atom stereocenters. The zero-order chi connectivity index (χ0) is 17.6. The number of nitrogens with one attached hydrogen (secondary N) is 2. The number of amides is 2. The Kier molecular flexibility index (Phi) is 5.41. The summed E-state index contributed by atoms with van der Waals surface area (Å²) in [5.41, 5.74) is 0.978. The van der Waals surface area contributed by atoms with Gasteiger partial charge in [-0.15, -0.1) is 10.2 Å². The highest BCUT2D eigenvalue weighted by Crippen LogP contribution is 2.26. The third-order valence-corrected chi connectivity index (χ3v) is 5.01. The maximum Gasteiger partial charge on any atom is 0.279 e. The van der Waals surface area contributed by atoms with Gasteiger partial charge in [-0.25, -0.2) is 0 Å². The molecule has 1 aromatic carbocycles. The second-order valence-corrected chi connectivity index (χ2v) is 6.93. The number of aromatic nitrogens is 3. The van der Waals surface area contributed by atoms with Crippen molar-refractivity contribution < 1.29 is 14.1 Å². The summed E-state index contributed by atoms with van der Waals surface area (Å²) in [5, 5.41) is 17.0. The van der Waals surface area contributed by atoms with E-state index in [4.69, 9.17) is 4.52 Å². The van der Waals surface area contributed by atoms with E-state index >= 15 is 0 Å². The molecule has 25 heavy (non-hydrogen) atoms. The number of benzene rings is 1. The molecule has 0 aliphatic carbocycles. The fourth-order valence-electron chi connectivity index (χ4n) is 1.80. The molecular formula is C15H13N5O3S2. The topological polar surface area (TPSA) is 110 Å². The molecule has 2 heterocycles. The fourth-order valence-corrected chi connectivity index (χ4v) is 3.42. The number of anilines is 1. The van der Waals surface area contributed by atoms with Crippen LogP contribution >= 0.6 is 23.1 Å². The van der Waals surface area contributed by atoms with Crippen molar-refractivity contribution in [2.45, 2.75) is 4.34 Å². The number of rotatable bonds is 6. The molecule has 0 saturated carbocycles. The molecule has 0 aliphatic rings. The molecule has 3 rings (SSSR count). The van der Waals surface area contributed by atoms with Gasteiger partial charge < -0.3 is 9.84 Å². The van der Waals surface area contributed by atoms with Crippen molar-refractivity contribution in [1.29, 1.82) is 0 Å². The smallest absolute Gasteiger partial charge is 0.279 e. The lowest BCUT2D eigenvalue weighted by Crippen LogP contribution is -2.19. The Morgan fingerprint density at radius 1 is 1.24 bits per heavy atom. The average molecular weight is 375 g/mol. The standard InChI is InChI=1S/C15H13N5O3S2/c1-16-12(21)8-24-15-19-18-14(25-15)17-13(22)10-7-11(23-20-10)9-5-3-2-4-6-9/h2-7H,8H2,1H3,(H,16,21)(H,17,18,22). The summed E-state index contributed by atoms with van der Waals surface area (Å²) < 4.78 is 5.79. The largest absolute Gasteiger partial charge is 0.358 e. The van der Waals surface area contributed by atoms with E-state index < -0.39 is 5.91 Å². The van der Waals surface area contributed by atoms with Crippen molar-refractivity contribution in [2.75, 3.05) is 18.1 Å². The van der Waals surface area contributed by atoms with E-state index in [0.29, 0.717) is 15.2 Å². The van der Waals surface area contributed by atoms with Crippen LogP contribution in [0.2, 0.25) is 0 Å². The Morgan fingerprint density at radius 3 is 2.80 bits per heavy atom. The van der Waals surface area contributed by atoms with Crippen LogP contribution < -0.4 is 10.6 Å². The van der Waals surface area contributed by atoms with E-state index in [1.54, 1.807) is 13.1 Å². The molecule has 0 bridgehead atoms. The number of carbonyl (C=O) groups is 2. The van der Waals surface area contributed by atoms with Crippen molar-refractivity contribution in [3.63, 3.8) is 0 Å². The van der Waals surface area contributed by atoms with Crippen LogP contribution in [0.5, 0.6) is 0 Å². The lowest BCUT2D eigenvalue weighted by atomic mass is 10.1. The van der Waals surface area contributed by atoms with Crippen molar-refractivity contribution in [3.8, 4) is 11.3 Å². The molecule has 128 valence electrons. The predicted molar refractivity (Wildman–Crippen MR) is 94.6 cm³/mol. The average Bonchev–Trinajstić information content (AvgIpc) is 3.30. The summed E-state index contributed by atoms with van der Waals surface area (Å²) in [4.78, 5) is 23.4. The van der Waals surface area contributed by atoms with Gasteiger partial charge in [0.1, 0.15) is 0 Å².